The Kier molecular flexibility index (Phi) is 3.45. The van der Waals surface area contributed by atoms with Gasteiger partial charge in [-0.3, -0.25) is 4.79 Å². The minimum absolute atomic E-state index is 0.00959. The highest BCUT2D eigenvalue weighted by Gasteiger charge is 2.36. The first-order valence-electron chi connectivity index (χ1n) is 7.30. The fourth-order valence-electron chi connectivity index (χ4n) is 2.85. The Bertz CT molecular complexity index is 483. The number of furan rings is 1. The Morgan fingerprint density at radius 2 is 2.11 bits per heavy atom. The quantitative estimate of drug-likeness (QED) is 0.841. The van der Waals surface area contributed by atoms with Crippen LogP contribution in [-0.4, -0.2) is 11.9 Å². The van der Waals surface area contributed by atoms with Gasteiger partial charge in [0.25, 0.3) is 0 Å². The molecule has 1 aromatic heterocycles. The van der Waals surface area contributed by atoms with Crippen LogP contribution in [-0.2, 0) is 4.79 Å². The van der Waals surface area contributed by atoms with Gasteiger partial charge in [0.1, 0.15) is 11.5 Å². The van der Waals surface area contributed by atoms with Crippen LogP contribution in [0.4, 0.5) is 0 Å². The third-order valence-electron chi connectivity index (χ3n) is 4.22. The molecule has 0 aromatic carbocycles. The van der Waals surface area contributed by atoms with Gasteiger partial charge in [0.15, 0.2) is 0 Å². The summed E-state index contributed by atoms with van der Waals surface area (Å²) in [4.78, 5) is 11.7. The lowest BCUT2D eigenvalue weighted by Crippen LogP contribution is -2.30. The molecule has 2 aliphatic rings. The number of carbonyl (C=O) groups excluding carboxylic acids is 1. The third-order valence-corrected chi connectivity index (χ3v) is 4.22. The number of rotatable bonds is 4. The number of amides is 1. The molecule has 0 spiro atoms. The zero-order valence-corrected chi connectivity index (χ0v) is 11.4. The van der Waals surface area contributed by atoms with E-state index in [1.807, 2.05) is 12.1 Å². The standard InChI is InChI=1S/C16H21NO2/c1-11-10-14(11)15-8-6-13(19-15)7-9-16(18)17-12-4-2-3-5-12/h6-9,11-12,14H,2-5,10H2,1H3,(H,17,18)/b9-7+. The summed E-state index contributed by atoms with van der Waals surface area (Å²) in [5.41, 5.74) is 0. The molecule has 0 aliphatic heterocycles. The molecule has 3 rings (SSSR count). The van der Waals surface area contributed by atoms with E-state index >= 15 is 0 Å². The molecule has 3 heteroatoms. The van der Waals surface area contributed by atoms with E-state index in [4.69, 9.17) is 4.42 Å². The number of nitrogens with one attached hydrogen (secondary N) is 1. The van der Waals surface area contributed by atoms with Crippen molar-refractivity contribution in [1.29, 1.82) is 0 Å². The Morgan fingerprint density at radius 1 is 1.37 bits per heavy atom. The molecule has 0 bridgehead atoms. The summed E-state index contributed by atoms with van der Waals surface area (Å²) in [6.07, 6.45) is 9.26. The van der Waals surface area contributed by atoms with Gasteiger partial charge in [-0.1, -0.05) is 19.8 Å². The molecular weight excluding hydrogens is 238 g/mol. The van der Waals surface area contributed by atoms with Crippen molar-refractivity contribution in [3.8, 4) is 0 Å². The molecule has 2 fully saturated rings. The lowest BCUT2D eigenvalue weighted by atomic mass is 10.2. The maximum atomic E-state index is 11.7. The first kappa shape index (κ1) is 12.5. The van der Waals surface area contributed by atoms with Crippen molar-refractivity contribution in [2.24, 2.45) is 5.92 Å². The van der Waals surface area contributed by atoms with Crippen LogP contribution in [0.2, 0.25) is 0 Å². The molecule has 19 heavy (non-hydrogen) atoms. The van der Waals surface area contributed by atoms with Crippen LogP contribution in [0.5, 0.6) is 0 Å². The topological polar surface area (TPSA) is 42.2 Å². The van der Waals surface area contributed by atoms with E-state index in [0.29, 0.717) is 12.0 Å². The number of hydrogen-bond acceptors (Lipinski definition) is 2. The average molecular weight is 259 g/mol. The van der Waals surface area contributed by atoms with Crippen LogP contribution >= 0.6 is 0 Å². The predicted molar refractivity (Wildman–Crippen MR) is 74.7 cm³/mol. The molecule has 2 saturated carbocycles. The van der Waals surface area contributed by atoms with Gasteiger partial charge < -0.3 is 9.73 Å². The Labute approximate surface area is 114 Å². The second-order valence-electron chi connectivity index (χ2n) is 5.88. The van der Waals surface area contributed by atoms with Gasteiger partial charge in [0.05, 0.1) is 0 Å². The summed E-state index contributed by atoms with van der Waals surface area (Å²) >= 11 is 0. The van der Waals surface area contributed by atoms with Crippen molar-refractivity contribution in [1.82, 2.24) is 5.32 Å². The molecule has 1 heterocycles. The van der Waals surface area contributed by atoms with Crippen LogP contribution in [0.15, 0.2) is 22.6 Å². The van der Waals surface area contributed by atoms with Crippen molar-refractivity contribution in [2.75, 3.05) is 0 Å². The highest BCUT2D eigenvalue weighted by Crippen LogP contribution is 2.47. The fraction of sp³-hybridized carbons (Fsp3) is 0.562. The molecule has 102 valence electrons. The molecule has 3 nitrogen and oxygen atoms in total. The summed E-state index contributed by atoms with van der Waals surface area (Å²) in [5.74, 6) is 3.16. The lowest BCUT2D eigenvalue weighted by molar-refractivity contribution is -0.117. The van der Waals surface area contributed by atoms with Gasteiger partial charge in [-0.2, -0.15) is 0 Å². The third kappa shape index (κ3) is 3.09. The van der Waals surface area contributed by atoms with Crippen molar-refractivity contribution >= 4 is 12.0 Å². The second kappa shape index (κ2) is 5.24. The molecule has 2 atom stereocenters. The van der Waals surface area contributed by atoms with Gasteiger partial charge in [-0.25, -0.2) is 0 Å². The lowest BCUT2D eigenvalue weighted by Gasteiger charge is -2.08. The van der Waals surface area contributed by atoms with Gasteiger partial charge in [-0.15, -0.1) is 0 Å². The van der Waals surface area contributed by atoms with E-state index in [1.54, 1.807) is 12.2 Å². The van der Waals surface area contributed by atoms with Gasteiger partial charge in [0.2, 0.25) is 5.91 Å². The van der Waals surface area contributed by atoms with E-state index in [-0.39, 0.29) is 5.91 Å². The van der Waals surface area contributed by atoms with Crippen molar-refractivity contribution < 1.29 is 9.21 Å². The van der Waals surface area contributed by atoms with Crippen LogP contribution in [0.25, 0.3) is 6.08 Å². The van der Waals surface area contributed by atoms with Gasteiger partial charge in [-0.05, 0) is 43.4 Å². The van der Waals surface area contributed by atoms with Crippen molar-refractivity contribution in [2.45, 2.75) is 51.0 Å². The summed E-state index contributed by atoms with van der Waals surface area (Å²) < 4.78 is 5.73. The van der Waals surface area contributed by atoms with E-state index in [2.05, 4.69) is 12.2 Å². The first-order chi connectivity index (χ1) is 9.22. The molecule has 1 N–H and O–H groups in total. The van der Waals surface area contributed by atoms with E-state index in [9.17, 15) is 4.79 Å². The van der Waals surface area contributed by atoms with Crippen LogP contribution in [0.1, 0.15) is 56.5 Å². The van der Waals surface area contributed by atoms with Gasteiger partial charge in [0, 0.05) is 18.0 Å². The smallest absolute Gasteiger partial charge is 0.244 e. The molecule has 1 aromatic rings. The SMILES string of the molecule is CC1CC1c1ccc(/C=C/C(=O)NC2CCCC2)o1. The minimum Gasteiger partial charge on any atom is -0.461 e. The summed E-state index contributed by atoms with van der Waals surface area (Å²) in [6, 6.07) is 4.35. The molecule has 0 saturated heterocycles. The number of carbonyl (C=O) groups is 1. The normalized spacial score (nSPS) is 27.0. The zero-order chi connectivity index (χ0) is 13.2. The largest absolute Gasteiger partial charge is 0.461 e. The zero-order valence-electron chi connectivity index (χ0n) is 11.4. The van der Waals surface area contributed by atoms with Crippen LogP contribution in [0, 0.1) is 5.92 Å². The van der Waals surface area contributed by atoms with E-state index in [1.165, 1.54) is 19.3 Å². The highest BCUT2D eigenvalue weighted by molar-refractivity contribution is 5.91. The summed E-state index contributed by atoms with van der Waals surface area (Å²) in [6.45, 7) is 2.23. The summed E-state index contributed by atoms with van der Waals surface area (Å²) in [5, 5.41) is 3.03. The molecule has 0 radical (unpaired) electrons. The Hall–Kier alpha value is -1.51. The maximum Gasteiger partial charge on any atom is 0.244 e. The molecule has 1 amide bonds. The van der Waals surface area contributed by atoms with E-state index in [0.717, 1.165) is 30.3 Å². The monoisotopic (exact) mass is 259 g/mol. The van der Waals surface area contributed by atoms with Crippen LogP contribution in [0.3, 0.4) is 0 Å². The molecule has 2 aliphatic carbocycles. The summed E-state index contributed by atoms with van der Waals surface area (Å²) in [7, 11) is 0. The maximum absolute atomic E-state index is 11.7. The highest BCUT2D eigenvalue weighted by atomic mass is 16.3. The minimum atomic E-state index is -0.00959. The predicted octanol–water partition coefficient (Wildman–Crippen LogP) is 3.48. The Morgan fingerprint density at radius 3 is 2.79 bits per heavy atom. The molecular formula is C16H21NO2. The van der Waals surface area contributed by atoms with Crippen molar-refractivity contribution in [3.63, 3.8) is 0 Å². The Balaban J connectivity index is 1.53. The molecule has 2 unspecified atom stereocenters. The van der Waals surface area contributed by atoms with Gasteiger partial charge >= 0.3 is 0 Å². The second-order valence-corrected chi connectivity index (χ2v) is 5.88. The first-order valence-corrected chi connectivity index (χ1v) is 7.30. The average Bonchev–Trinajstić information content (AvgIpc) is 2.87. The fourth-order valence-corrected chi connectivity index (χ4v) is 2.85. The van der Waals surface area contributed by atoms with Crippen molar-refractivity contribution in [3.05, 3.63) is 29.7 Å². The number of hydrogen-bond donors (Lipinski definition) is 1. The van der Waals surface area contributed by atoms with E-state index < -0.39 is 0 Å². The van der Waals surface area contributed by atoms with Crippen LogP contribution < -0.4 is 5.32 Å².